The van der Waals surface area contributed by atoms with E-state index in [1.807, 2.05) is 6.07 Å². The first kappa shape index (κ1) is 21.6. The number of carbonyl (C=O) groups is 3. The van der Waals surface area contributed by atoms with Gasteiger partial charge in [-0.2, -0.15) is 0 Å². The van der Waals surface area contributed by atoms with Crippen molar-refractivity contribution in [1.29, 1.82) is 0 Å². The van der Waals surface area contributed by atoms with Gasteiger partial charge < -0.3 is 10.6 Å². The molecule has 0 aliphatic carbocycles. The van der Waals surface area contributed by atoms with Crippen LogP contribution in [0.15, 0.2) is 83.5 Å². The summed E-state index contributed by atoms with van der Waals surface area (Å²) in [5, 5.41) is 5.83. The second-order valence-electron chi connectivity index (χ2n) is 7.06. The Morgan fingerprint density at radius 3 is 2.34 bits per heavy atom. The highest BCUT2D eigenvalue weighted by Gasteiger charge is 2.39. The van der Waals surface area contributed by atoms with Crippen LogP contribution < -0.4 is 15.5 Å². The Kier molecular flexibility index (Phi) is 5.99. The highest BCUT2D eigenvalue weighted by Crippen LogP contribution is 2.32. The highest BCUT2D eigenvalue weighted by atomic mass is 35.5. The summed E-state index contributed by atoms with van der Waals surface area (Å²) in [6.07, 6.45) is 0. The molecule has 0 saturated carbocycles. The Morgan fingerprint density at radius 1 is 0.875 bits per heavy atom. The van der Waals surface area contributed by atoms with Crippen molar-refractivity contribution in [2.75, 3.05) is 15.5 Å². The van der Waals surface area contributed by atoms with Crippen LogP contribution in [0.5, 0.6) is 0 Å². The van der Waals surface area contributed by atoms with Gasteiger partial charge >= 0.3 is 0 Å². The van der Waals surface area contributed by atoms with Gasteiger partial charge in [-0.25, -0.2) is 4.90 Å². The standard InChI is InChI=1S/C24H17Cl2N3O3/c1-14-7-2-5-12-19(14)29-23(31)20(26)21(24(29)32)27-16-9-6-8-15(13-16)22(30)28-18-11-4-3-10-17(18)25/h2-13,27H,1H3,(H,28,30). The Morgan fingerprint density at radius 2 is 1.59 bits per heavy atom. The number of imide groups is 1. The van der Waals surface area contributed by atoms with Crippen molar-refractivity contribution in [3.05, 3.63) is 99.7 Å². The molecule has 1 heterocycles. The minimum atomic E-state index is -0.610. The molecular weight excluding hydrogens is 449 g/mol. The fourth-order valence-electron chi connectivity index (χ4n) is 3.28. The van der Waals surface area contributed by atoms with Crippen molar-refractivity contribution in [2.45, 2.75) is 6.92 Å². The van der Waals surface area contributed by atoms with E-state index in [1.54, 1.807) is 73.7 Å². The largest absolute Gasteiger partial charge is 0.350 e. The van der Waals surface area contributed by atoms with Crippen molar-refractivity contribution in [2.24, 2.45) is 0 Å². The van der Waals surface area contributed by atoms with E-state index in [-0.39, 0.29) is 16.6 Å². The summed E-state index contributed by atoms with van der Waals surface area (Å²) in [5.41, 5.74) is 2.41. The third kappa shape index (κ3) is 4.10. The molecule has 4 rings (SSSR count). The monoisotopic (exact) mass is 465 g/mol. The molecule has 0 aromatic heterocycles. The zero-order chi connectivity index (χ0) is 22.8. The molecule has 3 aromatic rings. The van der Waals surface area contributed by atoms with E-state index in [4.69, 9.17) is 23.2 Å². The Bertz CT molecular complexity index is 1290. The molecule has 0 fully saturated rings. The van der Waals surface area contributed by atoms with Crippen molar-refractivity contribution in [3.63, 3.8) is 0 Å². The minimum Gasteiger partial charge on any atom is -0.350 e. The number of rotatable bonds is 5. The molecule has 6 nitrogen and oxygen atoms in total. The van der Waals surface area contributed by atoms with Crippen LogP contribution >= 0.6 is 23.2 Å². The predicted molar refractivity (Wildman–Crippen MR) is 126 cm³/mol. The number of carbonyl (C=O) groups excluding carboxylic acids is 3. The predicted octanol–water partition coefficient (Wildman–Crippen LogP) is 5.34. The number of hydrogen-bond acceptors (Lipinski definition) is 4. The Labute approximate surface area is 194 Å². The van der Waals surface area contributed by atoms with Gasteiger partial charge in [-0.05, 0) is 48.9 Å². The van der Waals surface area contributed by atoms with Crippen LogP contribution in [0, 0.1) is 6.92 Å². The Hall–Kier alpha value is -3.61. The third-order valence-corrected chi connectivity index (χ3v) is 5.58. The maximum absolute atomic E-state index is 13.0. The topological polar surface area (TPSA) is 78.5 Å². The summed E-state index contributed by atoms with van der Waals surface area (Å²) >= 11 is 12.3. The fourth-order valence-corrected chi connectivity index (χ4v) is 3.68. The van der Waals surface area contributed by atoms with Gasteiger partial charge in [0, 0.05) is 11.3 Å². The zero-order valence-corrected chi connectivity index (χ0v) is 18.4. The van der Waals surface area contributed by atoms with E-state index in [1.165, 1.54) is 0 Å². The number of anilines is 3. The number of halogens is 2. The molecule has 160 valence electrons. The van der Waals surface area contributed by atoms with Gasteiger partial charge in [0.25, 0.3) is 17.7 Å². The number of nitrogens with zero attached hydrogens (tertiary/aromatic N) is 1. The highest BCUT2D eigenvalue weighted by molar-refractivity contribution is 6.53. The lowest BCUT2D eigenvalue weighted by molar-refractivity contribution is -0.120. The van der Waals surface area contributed by atoms with Gasteiger partial charge in [-0.15, -0.1) is 0 Å². The van der Waals surface area contributed by atoms with Crippen LogP contribution in [0.3, 0.4) is 0 Å². The van der Waals surface area contributed by atoms with Gasteiger partial charge in [0.15, 0.2) is 0 Å². The van der Waals surface area contributed by atoms with Gasteiger partial charge in [0.05, 0.1) is 16.4 Å². The van der Waals surface area contributed by atoms with Crippen LogP contribution in [0.2, 0.25) is 5.02 Å². The van der Waals surface area contributed by atoms with Crippen LogP contribution in [0.1, 0.15) is 15.9 Å². The maximum atomic E-state index is 13.0. The van der Waals surface area contributed by atoms with E-state index in [9.17, 15) is 14.4 Å². The zero-order valence-electron chi connectivity index (χ0n) is 16.9. The van der Waals surface area contributed by atoms with Crippen molar-refractivity contribution in [3.8, 4) is 0 Å². The molecule has 2 N–H and O–H groups in total. The molecule has 1 aliphatic heterocycles. The maximum Gasteiger partial charge on any atom is 0.283 e. The molecule has 0 bridgehead atoms. The number of benzene rings is 3. The number of para-hydroxylation sites is 2. The lowest BCUT2D eigenvalue weighted by atomic mass is 10.1. The molecule has 0 atom stereocenters. The average molecular weight is 466 g/mol. The van der Waals surface area contributed by atoms with Crippen molar-refractivity contribution in [1.82, 2.24) is 0 Å². The Balaban J connectivity index is 1.56. The van der Waals surface area contributed by atoms with E-state index >= 15 is 0 Å². The molecule has 0 spiro atoms. The van der Waals surface area contributed by atoms with Crippen LogP contribution in [0.25, 0.3) is 0 Å². The smallest absolute Gasteiger partial charge is 0.283 e. The molecule has 0 radical (unpaired) electrons. The van der Waals surface area contributed by atoms with Gasteiger partial charge in [0.1, 0.15) is 10.7 Å². The van der Waals surface area contributed by atoms with Gasteiger partial charge in [0.2, 0.25) is 0 Å². The SMILES string of the molecule is Cc1ccccc1N1C(=O)C(Cl)=C(Nc2cccc(C(=O)Nc3ccccc3Cl)c2)C1=O. The molecule has 3 amide bonds. The van der Waals surface area contributed by atoms with Gasteiger partial charge in [-0.3, -0.25) is 14.4 Å². The van der Waals surface area contributed by atoms with E-state index in [0.29, 0.717) is 27.6 Å². The molecule has 1 aliphatic rings. The number of nitrogens with one attached hydrogen (secondary N) is 2. The second kappa shape index (κ2) is 8.86. The number of amides is 3. The summed E-state index contributed by atoms with van der Waals surface area (Å²) in [7, 11) is 0. The first-order valence-corrected chi connectivity index (χ1v) is 10.4. The summed E-state index contributed by atoms with van der Waals surface area (Å²) in [6, 6.07) is 20.4. The number of aryl methyl sites for hydroxylation is 1. The lowest BCUT2D eigenvalue weighted by Gasteiger charge is -2.17. The van der Waals surface area contributed by atoms with Crippen LogP contribution in [-0.4, -0.2) is 17.7 Å². The molecule has 8 heteroatoms. The summed E-state index contributed by atoms with van der Waals surface area (Å²) in [6.45, 7) is 1.80. The fraction of sp³-hybridized carbons (Fsp3) is 0.0417. The summed E-state index contributed by atoms with van der Waals surface area (Å²) < 4.78 is 0. The molecule has 0 saturated heterocycles. The summed E-state index contributed by atoms with van der Waals surface area (Å²) in [4.78, 5) is 39.3. The third-order valence-electron chi connectivity index (χ3n) is 4.90. The summed E-state index contributed by atoms with van der Waals surface area (Å²) in [5.74, 6) is -1.56. The van der Waals surface area contributed by atoms with Crippen LogP contribution in [0.4, 0.5) is 17.1 Å². The lowest BCUT2D eigenvalue weighted by Crippen LogP contribution is -2.32. The quantitative estimate of drug-likeness (QED) is 0.498. The molecular formula is C24H17Cl2N3O3. The number of hydrogen-bond donors (Lipinski definition) is 2. The van der Waals surface area contributed by atoms with E-state index in [0.717, 1.165) is 10.5 Å². The molecule has 0 unspecified atom stereocenters. The van der Waals surface area contributed by atoms with Crippen molar-refractivity contribution < 1.29 is 14.4 Å². The van der Waals surface area contributed by atoms with E-state index < -0.39 is 11.8 Å². The normalized spacial score (nSPS) is 13.5. The second-order valence-corrected chi connectivity index (χ2v) is 7.85. The first-order valence-electron chi connectivity index (χ1n) is 9.64. The first-order chi connectivity index (χ1) is 15.4. The molecule has 32 heavy (non-hydrogen) atoms. The average Bonchev–Trinajstić information content (AvgIpc) is 2.99. The molecule has 3 aromatic carbocycles. The van der Waals surface area contributed by atoms with Crippen molar-refractivity contribution >= 4 is 58.0 Å². The van der Waals surface area contributed by atoms with E-state index in [2.05, 4.69) is 10.6 Å². The van der Waals surface area contributed by atoms with Gasteiger partial charge in [-0.1, -0.05) is 59.6 Å². The minimum absolute atomic E-state index is 0.0522. The van der Waals surface area contributed by atoms with Crippen LogP contribution in [-0.2, 0) is 9.59 Å².